The first-order chi connectivity index (χ1) is 10.0. The molecule has 0 N–H and O–H groups in total. The van der Waals surface area contributed by atoms with E-state index < -0.39 is 11.7 Å². The number of alkyl halides is 3. The van der Waals surface area contributed by atoms with E-state index >= 15 is 0 Å². The van der Waals surface area contributed by atoms with E-state index in [0.29, 0.717) is 12.7 Å². The van der Waals surface area contributed by atoms with Gasteiger partial charge in [0.1, 0.15) is 12.0 Å². The lowest BCUT2D eigenvalue weighted by Gasteiger charge is -2.14. The van der Waals surface area contributed by atoms with Crippen LogP contribution in [0.4, 0.5) is 13.2 Å². The molecule has 0 bridgehead atoms. The van der Waals surface area contributed by atoms with Crippen LogP contribution in [-0.2, 0) is 12.6 Å². The Balaban J connectivity index is 2.10. The Morgan fingerprint density at radius 1 is 1.19 bits per heavy atom. The first-order valence-corrected chi connectivity index (χ1v) is 6.20. The van der Waals surface area contributed by atoms with Crippen LogP contribution >= 0.6 is 0 Å². The lowest BCUT2D eigenvalue weighted by molar-refractivity contribution is -0.138. The number of pyridine rings is 1. The summed E-state index contributed by atoms with van der Waals surface area (Å²) in [5.74, 6) is -0.288. The Labute approximate surface area is 119 Å². The van der Waals surface area contributed by atoms with Gasteiger partial charge in [-0.15, -0.1) is 0 Å². The molecule has 1 heterocycles. The molecule has 2 rings (SSSR count). The minimum Gasteiger partial charge on any atom is -0.493 e. The SMILES string of the molecule is O=Cc1ccc(OCCc2ccccn2)c(C(F)(F)F)c1. The molecule has 1 aromatic carbocycles. The summed E-state index contributed by atoms with van der Waals surface area (Å²) in [6.07, 6.45) is -2.20. The molecule has 0 atom stereocenters. The van der Waals surface area contributed by atoms with Crippen molar-refractivity contribution in [2.45, 2.75) is 12.6 Å². The number of hydrogen-bond donors (Lipinski definition) is 0. The predicted molar refractivity (Wildman–Crippen MR) is 70.3 cm³/mol. The van der Waals surface area contributed by atoms with Crippen LogP contribution in [0, 0.1) is 0 Å². The van der Waals surface area contributed by atoms with Gasteiger partial charge in [0.15, 0.2) is 0 Å². The summed E-state index contributed by atoms with van der Waals surface area (Å²) in [7, 11) is 0. The second-order valence-corrected chi connectivity index (χ2v) is 4.29. The molecule has 0 saturated heterocycles. The summed E-state index contributed by atoms with van der Waals surface area (Å²) in [5, 5.41) is 0. The van der Waals surface area contributed by atoms with Gasteiger partial charge in [-0.05, 0) is 30.3 Å². The molecule has 1 aromatic heterocycles. The van der Waals surface area contributed by atoms with Gasteiger partial charge >= 0.3 is 6.18 Å². The average Bonchev–Trinajstić information content (AvgIpc) is 2.47. The minimum atomic E-state index is -4.57. The number of carbonyl (C=O) groups is 1. The maximum absolute atomic E-state index is 12.9. The van der Waals surface area contributed by atoms with E-state index in [1.165, 1.54) is 6.07 Å². The Morgan fingerprint density at radius 2 is 2.00 bits per heavy atom. The standard InChI is InChI=1S/C15H12F3NO2/c16-15(17,18)13-9-11(10-20)4-5-14(13)21-8-6-12-3-1-2-7-19-12/h1-5,7,9-10H,6,8H2. The van der Waals surface area contributed by atoms with Crippen LogP contribution in [0.25, 0.3) is 0 Å². The predicted octanol–water partition coefficient (Wildman–Crippen LogP) is 3.53. The molecule has 0 unspecified atom stereocenters. The molecule has 2 aromatic rings. The fourth-order valence-corrected chi connectivity index (χ4v) is 1.78. The molecule has 0 saturated carbocycles. The fourth-order valence-electron chi connectivity index (χ4n) is 1.78. The van der Waals surface area contributed by atoms with Crippen molar-refractivity contribution < 1.29 is 22.7 Å². The highest BCUT2D eigenvalue weighted by Gasteiger charge is 2.34. The number of ether oxygens (including phenoxy) is 1. The van der Waals surface area contributed by atoms with Gasteiger partial charge in [0.25, 0.3) is 0 Å². The van der Waals surface area contributed by atoms with E-state index in [1.807, 2.05) is 0 Å². The normalized spacial score (nSPS) is 11.2. The van der Waals surface area contributed by atoms with Gasteiger partial charge in [-0.25, -0.2) is 0 Å². The van der Waals surface area contributed by atoms with Crippen molar-refractivity contribution in [3.05, 3.63) is 59.4 Å². The van der Waals surface area contributed by atoms with E-state index in [0.717, 1.165) is 17.8 Å². The van der Waals surface area contributed by atoms with Gasteiger partial charge in [-0.1, -0.05) is 6.07 Å². The molecule has 0 fully saturated rings. The number of carbonyl (C=O) groups excluding carboxylic acids is 1. The molecular formula is C15H12F3NO2. The molecule has 0 spiro atoms. The van der Waals surface area contributed by atoms with Crippen LogP contribution < -0.4 is 4.74 Å². The smallest absolute Gasteiger partial charge is 0.419 e. The number of aldehydes is 1. The summed E-state index contributed by atoms with van der Waals surface area (Å²) in [4.78, 5) is 14.6. The van der Waals surface area contributed by atoms with E-state index in [2.05, 4.69) is 4.98 Å². The summed E-state index contributed by atoms with van der Waals surface area (Å²) in [5.41, 5.74) is -0.261. The van der Waals surface area contributed by atoms with E-state index in [1.54, 1.807) is 24.4 Å². The summed E-state index contributed by atoms with van der Waals surface area (Å²) in [6, 6.07) is 8.54. The second kappa shape index (κ2) is 6.39. The molecule has 6 heteroatoms. The largest absolute Gasteiger partial charge is 0.493 e. The Bertz CT molecular complexity index is 612. The number of aromatic nitrogens is 1. The zero-order valence-corrected chi connectivity index (χ0v) is 10.9. The highest BCUT2D eigenvalue weighted by atomic mass is 19.4. The van der Waals surface area contributed by atoms with Crippen molar-refractivity contribution in [2.24, 2.45) is 0 Å². The monoisotopic (exact) mass is 295 g/mol. The van der Waals surface area contributed by atoms with Crippen LogP contribution in [0.5, 0.6) is 5.75 Å². The third-order valence-corrected chi connectivity index (χ3v) is 2.79. The van der Waals surface area contributed by atoms with Crippen molar-refractivity contribution in [2.75, 3.05) is 6.61 Å². The minimum absolute atomic E-state index is 0.0422. The van der Waals surface area contributed by atoms with Crippen molar-refractivity contribution in [3.8, 4) is 5.75 Å². The number of nitrogens with zero attached hydrogens (tertiary/aromatic N) is 1. The van der Waals surface area contributed by atoms with Crippen molar-refractivity contribution >= 4 is 6.29 Å². The topological polar surface area (TPSA) is 39.2 Å². The molecule has 3 nitrogen and oxygen atoms in total. The summed E-state index contributed by atoms with van der Waals surface area (Å²) in [6.45, 7) is 0.0700. The quantitative estimate of drug-likeness (QED) is 0.792. The second-order valence-electron chi connectivity index (χ2n) is 4.29. The molecule has 21 heavy (non-hydrogen) atoms. The first kappa shape index (κ1) is 15.0. The average molecular weight is 295 g/mol. The van der Waals surface area contributed by atoms with E-state index in [4.69, 9.17) is 4.74 Å². The van der Waals surface area contributed by atoms with Gasteiger partial charge in [-0.2, -0.15) is 13.2 Å². The Hall–Kier alpha value is -2.37. The van der Waals surface area contributed by atoms with Gasteiger partial charge in [0.2, 0.25) is 0 Å². The van der Waals surface area contributed by atoms with Gasteiger partial charge in [0.05, 0.1) is 12.2 Å². The van der Waals surface area contributed by atoms with Crippen LogP contribution in [-0.4, -0.2) is 17.9 Å². The molecule has 0 aliphatic carbocycles. The highest BCUT2D eigenvalue weighted by Crippen LogP contribution is 2.36. The van der Waals surface area contributed by atoms with Crippen LogP contribution in [0.1, 0.15) is 21.6 Å². The number of hydrogen-bond acceptors (Lipinski definition) is 3. The zero-order chi connectivity index (χ0) is 15.3. The van der Waals surface area contributed by atoms with Crippen LogP contribution in [0.2, 0.25) is 0 Å². The fraction of sp³-hybridized carbons (Fsp3) is 0.200. The maximum atomic E-state index is 12.9. The Kier molecular flexibility index (Phi) is 4.57. The molecular weight excluding hydrogens is 283 g/mol. The lowest BCUT2D eigenvalue weighted by Crippen LogP contribution is -2.11. The molecule has 0 aliphatic heterocycles. The molecule has 0 amide bonds. The molecule has 0 aliphatic rings. The third-order valence-electron chi connectivity index (χ3n) is 2.79. The number of benzene rings is 1. The number of halogens is 3. The molecule has 0 radical (unpaired) electrons. The van der Waals surface area contributed by atoms with E-state index in [-0.39, 0.29) is 17.9 Å². The third kappa shape index (κ3) is 4.05. The van der Waals surface area contributed by atoms with Crippen LogP contribution in [0.3, 0.4) is 0 Å². The van der Waals surface area contributed by atoms with Gasteiger partial charge in [0, 0.05) is 23.9 Å². The Morgan fingerprint density at radius 3 is 2.62 bits per heavy atom. The van der Waals surface area contributed by atoms with Gasteiger partial charge < -0.3 is 4.74 Å². The van der Waals surface area contributed by atoms with Crippen LogP contribution in [0.15, 0.2) is 42.6 Å². The van der Waals surface area contributed by atoms with Crippen molar-refractivity contribution in [1.29, 1.82) is 0 Å². The zero-order valence-electron chi connectivity index (χ0n) is 10.9. The van der Waals surface area contributed by atoms with Gasteiger partial charge in [-0.3, -0.25) is 9.78 Å². The van der Waals surface area contributed by atoms with Crippen molar-refractivity contribution in [1.82, 2.24) is 4.98 Å². The molecule has 110 valence electrons. The lowest BCUT2D eigenvalue weighted by atomic mass is 10.1. The maximum Gasteiger partial charge on any atom is 0.419 e. The van der Waals surface area contributed by atoms with Crippen molar-refractivity contribution in [3.63, 3.8) is 0 Å². The highest BCUT2D eigenvalue weighted by molar-refractivity contribution is 5.75. The van der Waals surface area contributed by atoms with E-state index in [9.17, 15) is 18.0 Å². The number of rotatable bonds is 5. The summed E-state index contributed by atoms with van der Waals surface area (Å²) < 4.78 is 43.9. The first-order valence-electron chi connectivity index (χ1n) is 6.20. The summed E-state index contributed by atoms with van der Waals surface area (Å²) >= 11 is 0.